The summed E-state index contributed by atoms with van der Waals surface area (Å²) in [4.78, 5) is 15.8. The summed E-state index contributed by atoms with van der Waals surface area (Å²) >= 11 is 1.75. The molecular weight excluding hydrogens is 345 g/mol. The summed E-state index contributed by atoms with van der Waals surface area (Å²) in [6.07, 6.45) is 1.59. The van der Waals surface area contributed by atoms with E-state index in [9.17, 15) is 13.2 Å². The van der Waals surface area contributed by atoms with Gasteiger partial charge in [-0.05, 0) is 18.8 Å². The van der Waals surface area contributed by atoms with Gasteiger partial charge in [0.25, 0.3) is 0 Å². The summed E-state index contributed by atoms with van der Waals surface area (Å²) in [5.41, 5.74) is 0. The van der Waals surface area contributed by atoms with Crippen molar-refractivity contribution < 1.29 is 27.8 Å². The van der Waals surface area contributed by atoms with Gasteiger partial charge in [-0.15, -0.1) is 17.9 Å². The minimum absolute atomic E-state index is 0.409. The Morgan fingerprint density at radius 3 is 2.75 bits per heavy atom. The van der Waals surface area contributed by atoms with Gasteiger partial charge in [0.15, 0.2) is 0 Å². The van der Waals surface area contributed by atoms with E-state index in [2.05, 4.69) is 21.8 Å². The van der Waals surface area contributed by atoms with Crippen LogP contribution in [0.5, 0.6) is 0 Å². The molecule has 0 spiro atoms. The number of hydrogen-bond acceptors (Lipinski definition) is 5. The van der Waals surface area contributed by atoms with Gasteiger partial charge in [0.2, 0.25) is 0 Å². The van der Waals surface area contributed by atoms with Crippen LogP contribution in [0.3, 0.4) is 0 Å². The smallest absolute Gasteiger partial charge is 0.475 e. The molecule has 2 fully saturated rings. The second kappa shape index (κ2) is 8.09. The lowest BCUT2D eigenvalue weighted by atomic mass is 10.1. The number of carboxylic acid groups (broad SMARTS) is 1. The number of rotatable bonds is 5. The number of aromatic nitrogens is 1. The van der Waals surface area contributed by atoms with Crippen molar-refractivity contribution in [3.8, 4) is 0 Å². The molecule has 1 N–H and O–H groups in total. The number of fused-ring (bicyclic) bond motifs is 2. The largest absolute Gasteiger partial charge is 0.490 e. The maximum atomic E-state index is 10.6. The zero-order valence-corrected chi connectivity index (χ0v) is 13.7. The van der Waals surface area contributed by atoms with Crippen molar-refractivity contribution in [3.63, 3.8) is 0 Å². The molecule has 9 heteroatoms. The van der Waals surface area contributed by atoms with Crippen LogP contribution >= 0.6 is 11.3 Å². The zero-order chi connectivity index (χ0) is 17.7. The molecule has 1 aromatic heterocycles. The van der Waals surface area contributed by atoms with E-state index < -0.39 is 12.1 Å². The van der Waals surface area contributed by atoms with E-state index in [0.717, 1.165) is 12.5 Å². The van der Waals surface area contributed by atoms with Crippen molar-refractivity contribution in [3.05, 3.63) is 29.2 Å². The summed E-state index contributed by atoms with van der Waals surface area (Å²) in [5.74, 6) is -1.93. The third-order valence-electron chi connectivity index (χ3n) is 4.02. The Balaban J connectivity index is 0.000000256. The van der Waals surface area contributed by atoms with Gasteiger partial charge >= 0.3 is 12.1 Å². The van der Waals surface area contributed by atoms with E-state index >= 15 is 0 Å². The quantitative estimate of drug-likeness (QED) is 0.814. The summed E-state index contributed by atoms with van der Waals surface area (Å²) in [5, 5.41) is 10.4. The predicted octanol–water partition coefficient (Wildman–Crippen LogP) is 2.94. The fraction of sp³-hybridized carbons (Fsp3) is 0.600. The Bertz CT molecular complexity index is 551. The molecule has 1 saturated carbocycles. The van der Waals surface area contributed by atoms with Crippen molar-refractivity contribution in [2.75, 3.05) is 13.2 Å². The zero-order valence-electron chi connectivity index (χ0n) is 12.9. The van der Waals surface area contributed by atoms with E-state index in [0.29, 0.717) is 18.8 Å². The standard InChI is InChI=1S/C13H18N2OS.C2HF3O2/c1-2-4-16-12-7-10-6-11(12)15(8-10)9-13-14-3-5-17-13;3-2(4,5)1(6)7/h2-3,5,10-12H,1,4,6-9H2;(H,6,7). The molecule has 2 bridgehead atoms. The number of piperidine rings is 1. The molecule has 0 amide bonds. The van der Waals surface area contributed by atoms with E-state index in [4.69, 9.17) is 14.6 Å². The molecule has 3 atom stereocenters. The fourth-order valence-corrected chi connectivity index (χ4v) is 3.77. The van der Waals surface area contributed by atoms with Gasteiger partial charge < -0.3 is 9.84 Å². The second-order valence-corrected chi connectivity index (χ2v) is 6.70. The number of alkyl halides is 3. The number of carboxylic acids is 1. The molecule has 1 aromatic rings. The highest BCUT2D eigenvalue weighted by molar-refractivity contribution is 7.09. The van der Waals surface area contributed by atoms with Crippen molar-refractivity contribution in [2.24, 2.45) is 5.92 Å². The topological polar surface area (TPSA) is 62.7 Å². The summed E-state index contributed by atoms with van der Waals surface area (Å²) < 4.78 is 37.6. The number of aliphatic carboxylic acids is 1. The van der Waals surface area contributed by atoms with E-state index in [1.165, 1.54) is 24.4 Å². The highest BCUT2D eigenvalue weighted by Crippen LogP contribution is 2.40. The van der Waals surface area contributed by atoms with Gasteiger partial charge in [-0.2, -0.15) is 13.2 Å². The Labute approximate surface area is 141 Å². The molecular formula is C15H19F3N2O3S. The lowest BCUT2D eigenvalue weighted by Crippen LogP contribution is -2.41. The molecule has 5 nitrogen and oxygen atoms in total. The molecule has 3 unspecified atom stereocenters. The lowest BCUT2D eigenvalue weighted by Gasteiger charge is -2.32. The Kier molecular flexibility index (Phi) is 6.36. The molecule has 1 saturated heterocycles. The normalized spacial score (nSPS) is 26.0. The maximum absolute atomic E-state index is 10.6. The first-order valence-corrected chi connectivity index (χ1v) is 8.34. The molecule has 0 aromatic carbocycles. The number of thiazole rings is 1. The molecule has 134 valence electrons. The Morgan fingerprint density at radius 2 is 2.25 bits per heavy atom. The van der Waals surface area contributed by atoms with Crippen molar-refractivity contribution >= 4 is 17.3 Å². The molecule has 2 aliphatic rings. The molecule has 1 aliphatic heterocycles. The van der Waals surface area contributed by atoms with Gasteiger partial charge in [-0.25, -0.2) is 9.78 Å². The summed E-state index contributed by atoms with van der Waals surface area (Å²) in [7, 11) is 0. The van der Waals surface area contributed by atoms with Crippen LogP contribution in [0.4, 0.5) is 13.2 Å². The predicted molar refractivity (Wildman–Crippen MR) is 82.7 cm³/mol. The van der Waals surface area contributed by atoms with Crippen LogP contribution in [0.15, 0.2) is 24.2 Å². The van der Waals surface area contributed by atoms with Crippen LogP contribution < -0.4 is 0 Å². The molecule has 0 radical (unpaired) electrons. The monoisotopic (exact) mass is 364 g/mol. The van der Waals surface area contributed by atoms with Gasteiger partial charge in [0.1, 0.15) is 5.01 Å². The molecule has 3 rings (SSSR count). The minimum Gasteiger partial charge on any atom is -0.475 e. The van der Waals surface area contributed by atoms with Crippen LogP contribution in [0.2, 0.25) is 0 Å². The number of carbonyl (C=O) groups is 1. The molecule has 24 heavy (non-hydrogen) atoms. The summed E-state index contributed by atoms with van der Waals surface area (Å²) in [6.45, 7) is 6.61. The van der Waals surface area contributed by atoms with Crippen LogP contribution in [0, 0.1) is 5.92 Å². The van der Waals surface area contributed by atoms with Gasteiger partial charge in [0.05, 0.1) is 19.3 Å². The van der Waals surface area contributed by atoms with Crippen LogP contribution in [0.25, 0.3) is 0 Å². The van der Waals surface area contributed by atoms with Gasteiger partial charge in [0, 0.05) is 24.2 Å². The van der Waals surface area contributed by atoms with Gasteiger partial charge in [-0.3, -0.25) is 4.90 Å². The van der Waals surface area contributed by atoms with Crippen molar-refractivity contribution in [2.45, 2.75) is 37.7 Å². The van der Waals surface area contributed by atoms with Crippen LogP contribution in [-0.2, 0) is 16.1 Å². The average molecular weight is 364 g/mol. The molecule has 2 heterocycles. The number of nitrogens with zero attached hydrogens (tertiary/aromatic N) is 2. The van der Waals surface area contributed by atoms with E-state index in [1.54, 1.807) is 11.3 Å². The Morgan fingerprint density at radius 1 is 1.54 bits per heavy atom. The fourth-order valence-electron chi connectivity index (χ4n) is 3.13. The number of halogens is 3. The number of ether oxygens (including phenoxy) is 1. The van der Waals surface area contributed by atoms with E-state index in [-0.39, 0.29) is 0 Å². The highest BCUT2D eigenvalue weighted by Gasteiger charge is 2.45. The first-order chi connectivity index (χ1) is 11.3. The first kappa shape index (κ1) is 18.9. The summed E-state index contributed by atoms with van der Waals surface area (Å²) in [6, 6.07) is 0.601. The number of likely N-dealkylation sites (tertiary alicyclic amines) is 1. The maximum Gasteiger partial charge on any atom is 0.490 e. The first-order valence-electron chi connectivity index (χ1n) is 7.46. The van der Waals surface area contributed by atoms with Crippen molar-refractivity contribution in [1.82, 2.24) is 9.88 Å². The van der Waals surface area contributed by atoms with Crippen LogP contribution in [-0.4, -0.2) is 52.4 Å². The van der Waals surface area contributed by atoms with Gasteiger partial charge in [-0.1, -0.05) is 6.08 Å². The minimum atomic E-state index is -5.08. The molecule has 1 aliphatic carbocycles. The van der Waals surface area contributed by atoms with Crippen LogP contribution in [0.1, 0.15) is 17.8 Å². The second-order valence-electron chi connectivity index (χ2n) is 5.72. The third kappa shape index (κ3) is 5.02. The Hall–Kier alpha value is -1.45. The average Bonchev–Trinajstić information content (AvgIpc) is 3.21. The van der Waals surface area contributed by atoms with E-state index in [1.807, 2.05) is 12.3 Å². The SMILES string of the molecule is C=CCOC1CC2CC1N(Cc1nccs1)C2.O=C(O)C(F)(F)F. The highest BCUT2D eigenvalue weighted by atomic mass is 32.1. The van der Waals surface area contributed by atoms with Crippen molar-refractivity contribution in [1.29, 1.82) is 0 Å². The third-order valence-corrected chi connectivity index (χ3v) is 4.79. The lowest BCUT2D eigenvalue weighted by molar-refractivity contribution is -0.192. The number of hydrogen-bond donors (Lipinski definition) is 1.